The summed E-state index contributed by atoms with van der Waals surface area (Å²) in [5.41, 5.74) is 3.07. The van der Waals surface area contributed by atoms with E-state index in [0.29, 0.717) is 11.6 Å². The van der Waals surface area contributed by atoms with Crippen LogP contribution in [0.15, 0.2) is 28.7 Å². The van der Waals surface area contributed by atoms with Gasteiger partial charge in [0.15, 0.2) is 0 Å². The van der Waals surface area contributed by atoms with E-state index in [-0.39, 0.29) is 0 Å². The fourth-order valence-electron chi connectivity index (χ4n) is 1.51. The van der Waals surface area contributed by atoms with Crippen LogP contribution in [0.25, 0.3) is 0 Å². The van der Waals surface area contributed by atoms with Crippen molar-refractivity contribution in [3.8, 4) is 0 Å². The van der Waals surface area contributed by atoms with Crippen LogP contribution in [0, 0.1) is 13.8 Å². The van der Waals surface area contributed by atoms with Crippen LogP contribution in [0.5, 0.6) is 0 Å². The molecule has 0 aliphatic carbocycles. The molecule has 1 aromatic carbocycles. The van der Waals surface area contributed by atoms with Crippen LogP contribution >= 0.6 is 27.5 Å². The highest BCUT2D eigenvalue weighted by Gasteiger charge is 2.06. The molecule has 17 heavy (non-hydrogen) atoms. The number of benzene rings is 1. The fraction of sp³-hybridized carbons (Fsp3) is 0.231. The van der Waals surface area contributed by atoms with E-state index in [1.807, 2.05) is 26.0 Å². The molecular weight excluding hydrogens is 300 g/mol. The Morgan fingerprint density at radius 3 is 2.35 bits per heavy atom. The van der Waals surface area contributed by atoms with Gasteiger partial charge in [-0.05, 0) is 31.5 Å². The van der Waals surface area contributed by atoms with Gasteiger partial charge in [-0.3, -0.25) is 0 Å². The predicted octanol–water partition coefficient (Wildman–Crippen LogP) is 4.10. The van der Waals surface area contributed by atoms with E-state index in [2.05, 4.69) is 38.0 Å². The lowest BCUT2D eigenvalue weighted by molar-refractivity contribution is 0.927. The van der Waals surface area contributed by atoms with Gasteiger partial charge in [0.1, 0.15) is 11.0 Å². The molecule has 0 saturated heterocycles. The van der Waals surface area contributed by atoms with Crippen LogP contribution in [-0.2, 0) is 6.42 Å². The van der Waals surface area contributed by atoms with Crippen molar-refractivity contribution in [3.63, 3.8) is 0 Å². The molecule has 2 nitrogen and oxygen atoms in total. The van der Waals surface area contributed by atoms with Gasteiger partial charge >= 0.3 is 0 Å². The first-order valence-electron chi connectivity index (χ1n) is 5.30. The van der Waals surface area contributed by atoms with Gasteiger partial charge in [0.2, 0.25) is 0 Å². The maximum atomic E-state index is 6.05. The number of rotatable bonds is 2. The molecule has 1 heterocycles. The summed E-state index contributed by atoms with van der Waals surface area (Å²) in [6, 6.07) is 8.13. The Balaban J connectivity index is 2.27. The minimum absolute atomic E-state index is 0.546. The normalized spacial score (nSPS) is 10.6. The maximum Gasteiger partial charge on any atom is 0.135 e. The first kappa shape index (κ1) is 12.5. The van der Waals surface area contributed by atoms with Gasteiger partial charge in [0, 0.05) is 22.2 Å². The Bertz CT molecular complexity index is 515. The highest BCUT2D eigenvalue weighted by molar-refractivity contribution is 9.10. The summed E-state index contributed by atoms with van der Waals surface area (Å²) >= 11 is 9.46. The zero-order valence-corrected chi connectivity index (χ0v) is 12.0. The second-order valence-corrected chi connectivity index (χ2v) is 5.22. The third kappa shape index (κ3) is 3.05. The molecule has 0 unspecified atom stereocenters. The predicted molar refractivity (Wildman–Crippen MR) is 73.5 cm³/mol. The van der Waals surface area contributed by atoms with Crippen molar-refractivity contribution in [2.45, 2.75) is 20.3 Å². The van der Waals surface area contributed by atoms with E-state index >= 15 is 0 Å². The number of aromatic nitrogens is 2. The molecule has 0 saturated carbocycles. The molecule has 0 aliphatic rings. The van der Waals surface area contributed by atoms with Crippen LogP contribution < -0.4 is 0 Å². The van der Waals surface area contributed by atoms with Gasteiger partial charge in [-0.1, -0.05) is 39.7 Å². The molecule has 4 heteroatoms. The standard InChI is InChI=1S/C13H12BrClN2/c1-8-9(2)16-12(17-13(8)15)7-10-3-5-11(14)6-4-10/h3-6H,7H2,1-2H3. The van der Waals surface area contributed by atoms with Crippen molar-refractivity contribution in [3.05, 3.63) is 56.5 Å². The lowest BCUT2D eigenvalue weighted by atomic mass is 10.1. The summed E-state index contributed by atoms with van der Waals surface area (Å²) in [6.45, 7) is 3.88. The number of halogens is 2. The summed E-state index contributed by atoms with van der Waals surface area (Å²) in [5, 5.41) is 0.546. The molecule has 0 aliphatic heterocycles. The summed E-state index contributed by atoms with van der Waals surface area (Å²) in [6.07, 6.45) is 0.703. The third-order valence-corrected chi connectivity index (χ3v) is 3.55. The Kier molecular flexibility index (Phi) is 3.79. The molecule has 88 valence electrons. The maximum absolute atomic E-state index is 6.05. The van der Waals surface area contributed by atoms with Crippen LogP contribution in [0.4, 0.5) is 0 Å². The van der Waals surface area contributed by atoms with Crippen molar-refractivity contribution in [2.75, 3.05) is 0 Å². The zero-order valence-electron chi connectivity index (χ0n) is 9.67. The second-order valence-electron chi connectivity index (χ2n) is 3.94. The van der Waals surface area contributed by atoms with Gasteiger partial charge in [0.25, 0.3) is 0 Å². The first-order valence-corrected chi connectivity index (χ1v) is 6.47. The summed E-state index contributed by atoms with van der Waals surface area (Å²) < 4.78 is 1.07. The van der Waals surface area contributed by atoms with E-state index in [1.165, 1.54) is 5.56 Å². The number of hydrogen-bond acceptors (Lipinski definition) is 2. The van der Waals surface area contributed by atoms with Crippen LogP contribution in [0.3, 0.4) is 0 Å². The molecule has 0 atom stereocenters. The highest BCUT2D eigenvalue weighted by atomic mass is 79.9. The molecule has 0 radical (unpaired) electrons. The van der Waals surface area contributed by atoms with E-state index in [9.17, 15) is 0 Å². The Morgan fingerprint density at radius 1 is 1.12 bits per heavy atom. The lowest BCUT2D eigenvalue weighted by Crippen LogP contribution is -2.01. The summed E-state index contributed by atoms with van der Waals surface area (Å²) in [7, 11) is 0. The minimum Gasteiger partial charge on any atom is -0.238 e. The molecule has 0 amide bonds. The number of hydrogen-bond donors (Lipinski definition) is 0. The molecule has 0 N–H and O–H groups in total. The largest absolute Gasteiger partial charge is 0.238 e. The Hall–Kier alpha value is -0.930. The minimum atomic E-state index is 0.546. The van der Waals surface area contributed by atoms with Crippen LogP contribution in [0.1, 0.15) is 22.6 Å². The summed E-state index contributed by atoms with van der Waals surface area (Å²) in [5.74, 6) is 0.764. The molecule has 0 fully saturated rings. The quantitative estimate of drug-likeness (QED) is 0.780. The van der Waals surface area contributed by atoms with E-state index in [4.69, 9.17) is 11.6 Å². The Labute approximate surface area is 114 Å². The van der Waals surface area contributed by atoms with Gasteiger partial charge in [-0.25, -0.2) is 9.97 Å². The van der Waals surface area contributed by atoms with Gasteiger partial charge in [-0.15, -0.1) is 0 Å². The van der Waals surface area contributed by atoms with E-state index < -0.39 is 0 Å². The van der Waals surface area contributed by atoms with Crippen molar-refractivity contribution in [1.29, 1.82) is 0 Å². The second kappa shape index (κ2) is 5.15. The van der Waals surface area contributed by atoms with Crippen molar-refractivity contribution in [2.24, 2.45) is 0 Å². The van der Waals surface area contributed by atoms with Gasteiger partial charge in [-0.2, -0.15) is 0 Å². The zero-order chi connectivity index (χ0) is 12.4. The first-order chi connectivity index (χ1) is 8.06. The molecule has 2 rings (SSSR count). The van der Waals surface area contributed by atoms with E-state index in [0.717, 1.165) is 21.6 Å². The third-order valence-electron chi connectivity index (χ3n) is 2.65. The van der Waals surface area contributed by atoms with Crippen LogP contribution in [-0.4, -0.2) is 9.97 Å². The number of aryl methyl sites for hydroxylation is 1. The van der Waals surface area contributed by atoms with Gasteiger partial charge in [0.05, 0.1) is 0 Å². The van der Waals surface area contributed by atoms with E-state index in [1.54, 1.807) is 0 Å². The molecule has 0 spiro atoms. The number of nitrogens with zero attached hydrogens (tertiary/aromatic N) is 2. The average molecular weight is 312 g/mol. The Morgan fingerprint density at radius 2 is 1.76 bits per heavy atom. The highest BCUT2D eigenvalue weighted by Crippen LogP contribution is 2.17. The topological polar surface area (TPSA) is 25.8 Å². The average Bonchev–Trinajstić information content (AvgIpc) is 2.29. The summed E-state index contributed by atoms with van der Waals surface area (Å²) in [4.78, 5) is 8.74. The smallest absolute Gasteiger partial charge is 0.135 e. The van der Waals surface area contributed by atoms with Crippen LogP contribution in [0.2, 0.25) is 5.15 Å². The SMILES string of the molecule is Cc1nc(Cc2ccc(Br)cc2)nc(Cl)c1C. The molecular formula is C13H12BrClN2. The van der Waals surface area contributed by atoms with Crippen molar-refractivity contribution < 1.29 is 0 Å². The van der Waals surface area contributed by atoms with Gasteiger partial charge < -0.3 is 0 Å². The fourth-order valence-corrected chi connectivity index (χ4v) is 2.01. The molecule has 1 aromatic heterocycles. The molecule has 0 bridgehead atoms. The van der Waals surface area contributed by atoms with Crippen molar-refractivity contribution >= 4 is 27.5 Å². The van der Waals surface area contributed by atoms with Crippen molar-refractivity contribution in [1.82, 2.24) is 9.97 Å². The lowest BCUT2D eigenvalue weighted by Gasteiger charge is -2.06. The molecule has 2 aromatic rings. The monoisotopic (exact) mass is 310 g/mol.